The number of Topliss-reactive ketones (excluding diaryl/α,β-unsaturated/α-hetero) is 1. The van der Waals surface area contributed by atoms with E-state index in [1.807, 2.05) is 32.9 Å². The van der Waals surface area contributed by atoms with Crippen LogP contribution in [0.2, 0.25) is 0 Å². The first-order chi connectivity index (χ1) is 13.2. The molecule has 0 aliphatic heterocycles. The van der Waals surface area contributed by atoms with Crippen molar-refractivity contribution in [3.8, 4) is 0 Å². The highest BCUT2D eigenvalue weighted by Crippen LogP contribution is 2.15. The van der Waals surface area contributed by atoms with Gasteiger partial charge in [0.2, 0.25) is 15.9 Å². The second-order valence-electron chi connectivity index (χ2n) is 7.11. The highest BCUT2D eigenvalue weighted by atomic mass is 32.2. The van der Waals surface area contributed by atoms with Gasteiger partial charge < -0.3 is 5.32 Å². The maximum Gasteiger partial charge on any atom is 0.240 e. The minimum atomic E-state index is -3.56. The molecule has 2 rings (SSSR count). The monoisotopic (exact) mass is 402 g/mol. The molecule has 0 aromatic heterocycles. The van der Waals surface area contributed by atoms with Crippen LogP contribution >= 0.6 is 0 Å². The molecule has 28 heavy (non-hydrogen) atoms. The number of ketones is 1. The average molecular weight is 403 g/mol. The predicted octanol–water partition coefficient (Wildman–Crippen LogP) is 3.53. The highest BCUT2D eigenvalue weighted by molar-refractivity contribution is 7.89. The second kappa shape index (κ2) is 9.61. The summed E-state index contributed by atoms with van der Waals surface area (Å²) in [5.41, 5.74) is 2.14. The summed E-state index contributed by atoms with van der Waals surface area (Å²) in [6, 6.07) is 13.2. The van der Waals surface area contributed by atoms with Crippen LogP contribution in [0.4, 0.5) is 5.69 Å². The van der Waals surface area contributed by atoms with E-state index in [2.05, 4.69) is 10.0 Å². The van der Waals surface area contributed by atoms with Crippen molar-refractivity contribution in [2.75, 3.05) is 11.9 Å². The first-order valence-electron chi connectivity index (χ1n) is 9.17. The van der Waals surface area contributed by atoms with Gasteiger partial charge in [0.15, 0.2) is 5.78 Å². The van der Waals surface area contributed by atoms with Crippen molar-refractivity contribution in [2.45, 2.75) is 38.5 Å². The third-order valence-corrected chi connectivity index (χ3v) is 5.52. The zero-order chi connectivity index (χ0) is 20.7. The number of carbonyl (C=O) groups is 2. The number of nitrogens with one attached hydrogen (secondary N) is 2. The molecule has 0 spiro atoms. The van der Waals surface area contributed by atoms with Gasteiger partial charge in [-0.3, -0.25) is 9.59 Å². The minimum Gasteiger partial charge on any atom is -0.326 e. The van der Waals surface area contributed by atoms with Crippen molar-refractivity contribution >= 4 is 27.4 Å². The van der Waals surface area contributed by atoms with Crippen molar-refractivity contribution in [3.63, 3.8) is 0 Å². The van der Waals surface area contributed by atoms with Crippen LogP contribution in [0, 0.1) is 12.8 Å². The lowest BCUT2D eigenvalue weighted by Gasteiger charge is -2.10. The van der Waals surface area contributed by atoms with E-state index in [-0.39, 0.29) is 35.3 Å². The third-order valence-electron chi connectivity index (χ3n) is 4.08. The van der Waals surface area contributed by atoms with E-state index in [9.17, 15) is 18.0 Å². The van der Waals surface area contributed by atoms with Gasteiger partial charge in [0.05, 0.1) is 4.90 Å². The van der Waals surface area contributed by atoms with Gasteiger partial charge in [0.1, 0.15) is 0 Å². The SMILES string of the molecule is Cc1ccc(C(=O)CCC(=O)Nc2ccc(S(=O)(=O)NCC(C)C)cc2)cc1. The zero-order valence-electron chi connectivity index (χ0n) is 16.4. The number of benzene rings is 2. The van der Waals surface area contributed by atoms with Gasteiger partial charge in [-0.25, -0.2) is 13.1 Å². The Kier molecular flexibility index (Phi) is 7.48. The summed E-state index contributed by atoms with van der Waals surface area (Å²) in [6.45, 7) is 6.14. The molecule has 0 aliphatic carbocycles. The summed E-state index contributed by atoms with van der Waals surface area (Å²) >= 11 is 0. The van der Waals surface area contributed by atoms with E-state index in [1.165, 1.54) is 24.3 Å². The number of aryl methyl sites for hydroxylation is 1. The van der Waals surface area contributed by atoms with Crippen LogP contribution in [0.25, 0.3) is 0 Å². The second-order valence-corrected chi connectivity index (χ2v) is 8.87. The standard InChI is InChI=1S/C21H26N2O4S/c1-15(2)14-22-28(26,27)19-10-8-18(9-11-19)23-21(25)13-12-20(24)17-6-4-16(3)5-7-17/h4-11,15,22H,12-14H2,1-3H3,(H,23,25). The van der Waals surface area contributed by atoms with Crippen LogP contribution in [0.3, 0.4) is 0 Å². The van der Waals surface area contributed by atoms with Crippen molar-refractivity contribution in [1.82, 2.24) is 4.72 Å². The topological polar surface area (TPSA) is 92.3 Å². The molecular formula is C21H26N2O4S. The number of rotatable bonds is 9. The molecule has 0 radical (unpaired) electrons. The Balaban J connectivity index is 1.88. The smallest absolute Gasteiger partial charge is 0.240 e. The van der Waals surface area contributed by atoms with E-state index < -0.39 is 10.0 Å². The lowest BCUT2D eigenvalue weighted by atomic mass is 10.0. The van der Waals surface area contributed by atoms with Crippen LogP contribution in [0.5, 0.6) is 0 Å². The largest absolute Gasteiger partial charge is 0.326 e. The lowest BCUT2D eigenvalue weighted by Crippen LogP contribution is -2.27. The summed E-state index contributed by atoms with van der Waals surface area (Å²) in [7, 11) is -3.56. The summed E-state index contributed by atoms with van der Waals surface area (Å²) < 4.78 is 26.9. The fourth-order valence-electron chi connectivity index (χ4n) is 2.41. The number of sulfonamides is 1. The summed E-state index contributed by atoms with van der Waals surface area (Å²) in [5, 5.41) is 2.68. The molecule has 2 aromatic carbocycles. The zero-order valence-corrected chi connectivity index (χ0v) is 17.2. The van der Waals surface area contributed by atoms with E-state index in [0.29, 0.717) is 17.8 Å². The molecule has 0 bridgehead atoms. The predicted molar refractivity (Wildman–Crippen MR) is 110 cm³/mol. The molecule has 0 saturated carbocycles. The Labute approximate surface area is 166 Å². The first kappa shape index (κ1) is 21.8. The average Bonchev–Trinajstić information content (AvgIpc) is 2.65. The Morgan fingerprint density at radius 2 is 1.54 bits per heavy atom. The first-order valence-corrected chi connectivity index (χ1v) is 10.6. The van der Waals surface area contributed by atoms with Gasteiger partial charge >= 0.3 is 0 Å². The number of anilines is 1. The number of hydrogen-bond donors (Lipinski definition) is 2. The molecule has 0 heterocycles. The summed E-state index contributed by atoms with van der Waals surface area (Å²) in [4.78, 5) is 24.3. The van der Waals surface area contributed by atoms with Crippen molar-refractivity contribution in [2.24, 2.45) is 5.92 Å². The highest BCUT2D eigenvalue weighted by Gasteiger charge is 2.14. The quantitative estimate of drug-likeness (QED) is 0.628. The molecule has 1 amide bonds. The van der Waals surface area contributed by atoms with E-state index in [0.717, 1.165) is 5.56 Å². The molecular weight excluding hydrogens is 376 g/mol. The fraction of sp³-hybridized carbons (Fsp3) is 0.333. The van der Waals surface area contributed by atoms with Gasteiger partial charge in [0, 0.05) is 30.6 Å². The van der Waals surface area contributed by atoms with Crippen LogP contribution in [0.15, 0.2) is 53.4 Å². The summed E-state index contributed by atoms with van der Waals surface area (Å²) in [5.74, 6) is -0.183. The van der Waals surface area contributed by atoms with Gasteiger partial charge in [-0.05, 0) is 37.1 Å². The molecule has 2 N–H and O–H groups in total. The van der Waals surface area contributed by atoms with Gasteiger partial charge in [-0.15, -0.1) is 0 Å². The summed E-state index contributed by atoms with van der Waals surface area (Å²) in [6.07, 6.45) is 0.170. The molecule has 150 valence electrons. The Morgan fingerprint density at radius 1 is 0.929 bits per heavy atom. The fourth-order valence-corrected chi connectivity index (χ4v) is 3.63. The number of hydrogen-bond acceptors (Lipinski definition) is 4. The van der Waals surface area contributed by atoms with E-state index in [4.69, 9.17) is 0 Å². The Hall–Kier alpha value is -2.51. The van der Waals surface area contributed by atoms with Gasteiger partial charge in [-0.2, -0.15) is 0 Å². The molecule has 0 saturated heterocycles. The normalized spacial score (nSPS) is 11.4. The maximum atomic E-state index is 12.2. The van der Waals surface area contributed by atoms with Crippen LogP contribution < -0.4 is 10.0 Å². The van der Waals surface area contributed by atoms with Gasteiger partial charge in [0.25, 0.3) is 0 Å². The van der Waals surface area contributed by atoms with Crippen LogP contribution in [-0.4, -0.2) is 26.7 Å². The minimum absolute atomic E-state index is 0.0582. The molecule has 6 nitrogen and oxygen atoms in total. The maximum absolute atomic E-state index is 12.2. The van der Waals surface area contributed by atoms with Crippen LogP contribution in [0.1, 0.15) is 42.6 Å². The molecule has 7 heteroatoms. The third kappa shape index (κ3) is 6.58. The molecule has 0 atom stereocenters. The molecule has 0 aliphatic rings. The van der Waals surface area contributed by atoms with E-state index >= 15 is 0 Å². The molecule has 2 aromatic rings. The van der Waals surface area contributed by atoms with Crippen molar-refractivity contribution < 1.29 is 18.0 Å². The Morgan fingerprint density at radius 3 is 2.11 bits per heavy atom. The number of carbonyl (C=O) groups excluding carboxylic acids is 2. The Bertz CT molecular complexity index is 918. The number of amides is 1. The van der Waals surface area contributed by atoms with Crippen molar-refractivity contribution in [3.05, 3.63) is 59.7 Å². The van der Waals surface area contributed by atoms with Gasteiger partial charge in [-0.1, -0.05) is 43.7 Å². The molecule has 0 unspecified atom stereocenters. The lowest BCUT2D eigenvalue weighted by molar-refractivity contribution is -0.116. The van der Waals surface area contributed by atoms with Crippen molar-refractivity contribution in [1.29, 1.82) is 0 Å². The van der Waals surface area contributed by atoms with E-state index in [1.54, 1.807) is 12.1 Å². The molecule has 0 fully saturated rings. The van der Waals surface area contributed by atoms with Crippen LogP contribution in [-0.2, 0) is 14.8 Å².